The van der Waals surface area contributed by atoms with Crippen molar-refractivity contribution in [3.63, 3.8) is 0 Å². The Balaban J connectivity index is 2.18. The molecule has 152 valence electrons. The molecule has 0 saturated carbocycles. The van der Waals surface area contributed by atoms with Gasteiger partial charge in [-0.3, -0.25) is 9.59 Å². The molecule has 0 bridgehead atoms. The van der Waals surface area contributed by atoms with Crippen LogP contribution in [0.2, 0.25) is 0 Å². The summed E-state index contributed by atoms with van der Waals surface area (Å²) in [6.07, 6.45) is 0. The maximum Gasteiger partial charge on any atom is 0.251 e. The van der Waals surface area contributed by atoms with E-state index in [-0.39, 0.29) is 17.7 Å². The summed E-state index contributed by atoms with van der Waals surface area (Å²) >= 11 is 0. The average Bonchev–Trinajstić information content (AvgIpc) is 2.68. The number of nitriles is 1. The van der Waals surface area contributed by atoms with Crippen molar-refractivity contribution in [2.75, 3.05) is 12.3 Å². The first kappa shape index (κ1) is 22.0. The highest BCUT2D eigenvalue weighted by molar-refractivity contribution is 7.90. The number of carbonyl (C=O) groups excluding carboxylic acids is 2. The van der Waals surface area contributed by atoms with Crippen LogP contribution in [-0.2, 0) is 20.4 Å². The highest BCUT2D eigenvalue weighted by Gasteiger charge is 2.28. The molecule has 0 heterocycles. The Morgan fingerprint density at radius 2 is 1.76 bits per heavy atom. The zero-order chi connectivity index (χ0) is 21.4. The molecule has 0 saturated heterocycles. The molecular formula is C19H17F2N3O4S. The maximum absolute atomic E-state index is 13.3. The molecule has 0 fully saturated rings. The third-order valence-electron chi connectivity index (χ3n) is 3.79. The fourth-order valence-corrected chi connectivity index (χ4v) is 4.01. The molecule has 2 aromatic rings. The van der Waals surface area contributed by atoms with Crippen molar-refractivity contribution in [1.29, 1.82) is 5.26 Å². The number of nitrogens with one attached hydrogen (secondary N) is 2. The third-order valence-corrected chi connectivity index (χ3v) is 5.41. The van der Waals surface area contributed by atoms with E-state index in [4.69, 9.17) is 5.26 Å². The quantitative estimate of drug-likeness (QED) is 0.624. The number of halogens is 2. The van der Waals surface area contributed by atoms with Crippen LogP contribution >= 0.6 is 0 Å². The SMILES string of the molecule is N#CCNC(=O)[C@H](CS(=O)(=O)Cc1ccc(F)c(F)c1)NC(=O)c1ccccc1. The fraction of sp³-hybridized carbons (Fsp3) is 0.211. The Hall–Kier alpha value is -3.32. The van der Waals surface area contributed by atoms with Gasteiger partial charge in [0, 0.05) is 5.56 Å². The van der Waals surface area contributed by atoms with Gasteiger partial charge in [0.05, 0.1) is 17.6 Å². The standard InChI is InChI=1S/C19H17F2N3O4S/c20-15-7-6-13(10-16(15)21)11-29(27,28)12-17(19(26)23-9-8-22)24-18(25)14-4-2-1-3-5-14/h1-7,10,17H,9,11-12H2,(H,23,26)(H,24,25)/t17-/m0/s1. The topological polar surface area (TPSA) is 116 Å². The summed E-state index contributed by atoms with van der Waals surface area (Å²) in [7, 11) is -4.01. The smallest absolute Gasteiger partial charge is 0.251 e. The molecular weight excluding hydrogens is 404 g/mol. The number of hydrogen-bond donors (Lipinski definition) is 2. The van der Waals surface area contributed by atoms with Crippen LogP contribution in [0.3, 0.4) is 0 Å². The van der Waals surface area contributed by atoms with Gasteiger partial charge in [-0.25, -0.2) is 17.2 Å². The first-order chi connectivity index (χ1) is 13.7. The van der Waals surface area contributed by atoms with Crippen molar-refractivity contribution in [3.05, 3.63) is 71.3 Å². The van der Waals surface area contributed by atoms with Gasteiger partial charge >= 0.3 is 0 Å². The maximum atomic E-state index is 13.3. The summed E-state index contributed by atoms with van der Waals surface area (Å²) in [6, 6.07) is 10.7. The molecule has 7 nitrogen and oxygen atoms in total. The highest BCUT2D eigenvalue weighted by atomic mass is 32.2. The van der Waals surface area contributed by atoms with E-state index in [0.29, 0.717) is 0 Å². The van der Waals surface area contributed by atoms with Crippen LogP contribution < -0.4 is 10.6 Å². The number of carbonyl (C=O) groups is 2. The minimum atomic E-state index is -4.01. The van der Waals surface area contributed by atoms with E-state index in [1.807, 2.05) is 0 Å². The lowest BCUT2D eigenvalue weighted by molar-refractivity contribution is -0.122. The van der Waals surface area contributed by atoms with Crippen LogP contribution in [0.4, 0.5) is 8.78 Å². The Bertz CT molecular complexity index is 1040. The fourth-order valence-electron chi connectivity index (χ4n) is 2.46. The zero-order valence-electron chi connectivity index (χ0n) is 15.1. The third kappa shape index (κ3) is 6.65. The van der Waals surface area contributed by atoms with Crippen LogP contribution in [0, 0.1) is 23.0 Å². The van der Waals surface area contributed by atoms with E-state index in [9.17, 15) is 26.8 Å². The molecule has 2 aromatic carbocycles. The summed E-state index contributed by atoms with van der Waals surface area (Å²) in [5, 5.41) is 13.1. The van der Waals surface area contributed by atoms with Crippen molar-refractivity contribution in [2.24, 2.45) is 0 Å². The number of nitrogens with zero attached hydrogens (tertiary/aromatic N) is 1. The Morgan fingerprint density at radius 3 is 2.38 bits per heavy atom. The first-order valence-electron chi connectivity index (χ1n) is 8.37. The molecule has 0 spiro atoms. The molecule has 10 heteroatoms. The molecule has 0 radical (unpaired) electrons. The van der Waals surface area contributed by atoms with Gasteiger partial charge in [-0.15, -0.1) is 0 Å². The van der Waals surface area contributed by atoms with Crippen molar-refractivity contribution in [1.82, 2.24) is 10.6 Å². The summed E-state index contributed by atoms with van der Waals surface area (Å²) in [5.41, 5.74) is 0.207. The van der Waals surface area contributed by atoms with Crippen LogP contribution in [0.15, 0.2) is 48.5 Å². The van der Waals surface area contributed by atoms with Crippen LogP contribution in [0.5, 0.6) is 0 Å². The molecule has 2 N–H and O–H groups in total. The van der Waals surface area contributed by atoms with Gasteiger partial charge in [-0.05, 0) is 29.8 Å². The van der Waals surface area contributed by atoms with Gasteiger partial charge < -0.3 is 10.6 Å². The summed E-state index contributed by atoms with van der Waals surface area (Å²) < 4.78 is 51.3. The number of sulfone groups is 1. The zero-order valence-corrected chi connectivity index (χ0v) is 15.9. The van der Waals surface area contributed by atoms with Crippen molar-refractivity contribution >= 4 is 21.7 Å². The summed E-state index contributed by atoms with van der Waals surface area (Å²) in [5.74, 6) is -5.29. The second kappa shape index (κ2) is 9.75. The predicted molar refractivity (Wildman–Crippen MR) is 100 cm³/mol. The Kier molecular flexibility index (Phi) is 7.39. The monoisotopic (exact) mass is 421 g/mol. The van der Waals surface area contributed by atoms with Crippen molar-refractivity contribution in [2.45, 2.75) is 11.8 Å². The number of hydrogen-bond acceptors (Lipinski definition) is 5. The van der Waals surface area contributed by atoms with E-state index in [1.165, 1.54) is 12.1 Å². The Labute approximate surface area is 166 Å². The lowest BCUT2D eigenvalue weighted by Crippen LogP contribution is -2.50. The minimum absolute atomic E-state index is 0.00512. The molecule has 0 unspecified atom stereocenters. The average molecular weight is 421 g/mol. The van der Waals surface area contributed by atoms with Gasteiger partial charge in [0.15, 0.2) is 21.5 Å². The first-order valence-corrected chi connectivity index (χ1v) is 10.2. The lowest BCUT2D eigenvalue weighted by Gasteiger charge is -2.18. The van der Waals surface area contributed by atoms with E-state index >= 15 is 0 Å². The normalized spacial score (nSPS) is 11.9. The number of benzene rings is 2. The van der Waals surface area contributed by atoms with Gasteiger partial charge in [0.2, 0.25) is 5.91 Å². The highest BCUT2D eigenvalue weighted by Crippen LogP contribution is 2.13. The van der Waals surface area contributed by atoms with E-state index in [0.717, 1.165) is 18.2 Å². The molecule has 0 aliphatic heterocycles. The second-order valence-electron chi connectivity index (χ2n) is 6.07. The minimum Gasteiger partial charge on any atom is -0.341 e. The van der Waals surface area contributed by atoms with Gasteiger partial charge in [-0.2, -0.15) is 5.26 Å². The van der Waals surface area contributed by atoms with Crippen molar-refractivity contribution < 1.29 is 26.8 Å². The van der Waals surface area contributed by atoms with Crippen molar-refractivity contribution in [3.8, 4) is 6.07 Å². The molecule has 1 atom stereocenters. The van der Waals surface area contributed by atoms with Crippen LogP contribution in [0.1, 0.15) is 15.9 Å². The lowest BCUT2D eigenvalue weighted by atomic mass is 10.2. The molecule has 0 aliphatic rings. The van der Waals surface area contributed by atoms with E-state index in [1.54, 1.807) is 24.3 Å². The van der Waals surface area contributed by atoms with E-state index in [2.05, 4.69) is 10.6 Å². The van der Waals surface area contributed by atoms with Crippen LogP contribution in [-0.4, -0.2) is 38.6 Å². The molecule has 0 aromatic heterocycles. The van der Waals surface area contributed by atoms with E-state index < -0.39 is 50.8 Å². The number of amides is 2. The number of rotatable bonds is 8. The Morgan fingerprint density at radius 1 is 1.07 bits per heavy atom. The molecule has 29 heavy (non-hydrogen) atoms. The summed E-state index contributed by atoms with van der Waals surface area (Å²) in [6.45, 7) is -0.375. The largest absolute Gasteiger partial charge is 0.341 e. The second-order valence-corrected chi connectivity index (χ2v) is 8.18. The molecule has 2 rings (SSSR count). The molecule has 2 amide bonds. The predicted octanol–water partition coefficient (Wildman–Crippen LogP) is 1.32. The van der Waals surface area contributed by atoms with Gasteiger partial charge in [0.1, 0.15) is 12.6 Å². The summed E-state index contributed by atoms with van der Waals surface area (Å²) in [4.78, 5) is 24.6. The molecule has 0 aliphatic carbocycles. The van der Waals surface area contributed by atoms with Gasteiger partial charge in [-0.1, -0.05) is 24.3 Å². The van der Waals surface area contributed by atoms with Gasteiger partial charge in [0.25, 0.3) is 5.91 Å². The van der Waals surface area contributed by atoms with Crippen LogP contribution in [0.25, 0.3) is 0 Å².